The molecule has 0 aromatic carbocycles. The van der Waals surface area contributed by atoms with Crippen LogP contribution in [0.3, 0.4) is 0 Å². The van der Waals surface area contributed by atoms with Gasteiger partial charge in [-0.25, -0.2) is 0 Å². The third kappa shape index (κ3) is 3.06. The first-order valence-corrected chi connectivity index (χ1v) is 7.38. The number of halogens is 1. The first-order chi connectivity index (χ1) is 7.54. The summed E-state index contributed by atoms with van der Waals surface area (Å²) in [5.41, 5.74) is 0. The van der Waals surface area contributed by atoms with E-state index in [0.29, 0.717) is 12.1 Å². The van der Waals surface area contributed by atoms with E-state index in [4.69, 9.17) is 0 Å². The van der Waals surface area contributed by atoms with Crippen LogP contribution in [0, 0.1) is 6.92 Å². The highest BCUT2D eigenvalue weighted by molar-refractivity contribution is 9.10. The zero-order valence-corrected chi connectivity index (χ0v) is 12.5. The molecule has 1 aromatic rings. The van der Waals surface area contributed by atoms with Crippen LogP contribution in [-0.4, -0.2) is 30.1 Å². The molecule has 0 amide bonds. The van der Waals surface area contributed by atoms with Crippen molar-refractivity contribution in [3.8, 4) is 0 Å². The number of nitrogens with one attached hydrogen (secondary N) is 1. The molecule has 1 aliphatic heterocycles. The standard InChI is InChI=1S/C12H19BrN2S/c1-8-5-15(6-9(2)14-8)7-11-4-12(13)10(3)16-11/h4,8-9,14H,5-7H2,1-3H3. The number of nitrogens with zero attached hydrogens (tertiary/aromatic N) is 1. The van der Waals surface area contributed by atoms with E-state index in [0.717, 1.165) is 19.6 Å². The molecule has 2 unspecified atom stereocenters. The maximum absolute atomic E-state index is 3.58. The molecule has 16 heavy (non-hydrogen) atoms. The lowest BCUT2D eigenvalue weighted by molar-refractivity contribution is 0.168. The Bertz CT molecular complexity index is 334. The Morgan fingerprint density at radius 3 is 2.56 bits per heavy atom. The Morgan fingerprint density at radius 2 is 2.06 bits per heavy atom. The van der Waals surface area contributed by atoms with Crippen LogP contribution >= 0.6 is 27.3 Å². The van der Waals surface area contributed by atoms with E-state index < -0.39 is 0 Å². The van der Waals surface area contributed by atoms with Gasteiger partial charge in [0.25, 0.3) is 0 Å². The SMILES string of the molecule is Cc1sc(CN2CC(C)NC(C)C2)cc1Br. The zero-order valence-electron chi connectivity index (χ0n) is 10.1. The first kappa shape index (κ1) is 12.6. The summed E-state index contributed by atoms with van der Waals surface area (Å²) < 4.78 is 1.25. The fraction of sp³-hybridized carbons (Fsp3) is 0.667. The summed E-state index contributed by atoms with van der Waals surface area (Å²) in [5.74, 6) is 0. The molecule has 1 aliphatic rings. The van der Waals surface area contributed by atoms with E-state index in [2.05, 4.69) is 53.0 Å². The number of rotatable bonds is 2. The highest BCUT2D eigenvalue weighted by Crippen LogP contribution is 2.27. The van der Waals surface area contributed by atoms with Crippen LogP contribution in [0.2, 0.25) is 0 Å². The average molecular weight is 303 g/mol. The van der Waals surface area contributed by atoms with Crippen molar-refractivity contribution in [2.75, 3.05) is 13.1 Å². The fourth-order valence-electron chi connectivity index (χ4n) is 2.39. The minimum atomic E-state index is 0.605. The summed E-state index contributed by atoms with van der Waals surface area (Å²) in [4.78, 5) is 5.39. The van der Waals surface area contributed by atoms with Gasteiger partial charge in [-0.3, -0.25) is 4.90 Å². The first-order valence-electron chi connectivity index (χ1n) is 5.78. The maximum atomic E-state index is 3.58. The Hall–Kier alpha value is 0.100. The molecule has 0 spiro atoms. The molecule has 4 heteroatoms. The van der Waals surface area contributed by atoms with Crippen molar-refractivity contribution in [3.63, 3.8) is 0 Å². The minimum Gasteiger partial charge on any atom is -0.309 e. The van der Waals surface area contributed by atoms with Gasteiger partial charge in [0.1, 0.15) is 0 Å². The number of piperazine rings is 1. The second kappa shape index (κ2) is 5.17. The van der Waals surface area contributed by atoms with E-state index in [1.165, 1.54) is 14.2 Å². The van der Waals surface area contributed by atoms with Gasteiger partial charge in [-0.05, 0) is 42.8 Å². The lowest BCUT2D eigenvalue weighted by Crippen LogP contribution is -2.53. The Balaban J connectivity index is 1.98. The fourth-order valence-corrected chi connectivity index (χ4v) is 4.03. The maximum Gasteiger partial charge on any atom is 0.0329 e. The molecule has 1 saturated heterocycles. The van der Waals surface area contributed by atoms with Crippen molar-refractivity contribution in [1.29, 1.82) is 0 Å². The molecule has 2 heterocycles. The van der Waals surface area contributed by atoms with E-state index in [-0.39, 0.29) is 0 Å². The third-order valence-corrected chi connectivity index (χ3v) is 5.04. The minimum absolute atomic E-state index is 0.605. The van der Waals surface area contributed by atoms with Crippen molar-refractivity contribution in [3.05, 3.63) is 20.3 Å². The van der Waals surface area contributed by atoms with E-state index >= 15 is 0 Å². The van der Waals surface area contributed by atoms with Crippen LogP contribution in [0.25, 0.3) is 0 Å². The second-order valence-electron chi connectivity index (χ2n) is 4.78. The van der Waals surface area contributed by atoms with Crippen LogP contribution in [-0.2, 0) is 6.54 Å². The monoisotopic (exact) mass is 302 g/mol. The summed E-state index contributed by atoms with van der Waals surface area (Å²) in [6, 6.07) is 3.47. The molecule has 0 bridgehead atoms. The van der Waals surface area contributed by atoms with E-state index in [1.807, 2.05) is 11.3 Å². The molecular formula is C12H19BrN2S. The number of aryl methyl sites for hydroxylation is 1. The predicted molar refractivity (Wildman–Crippen MR) is 74.1 cm³/mol. The molecule has 1 N–H and O–H groups in total. The van der Waals surface area contributed by atoms with Crippen LogP contribution in [0.4, 0.5) is 0 Å². The van der Waals surface area contributed by atoms with Crippen molar-refractivity contribution in [2.45, 2.75) is 39.4 Å². The van der Waals surface area contributed by atoms with Crippen LogP contribution in [0.1, 0.15) is 23.6 Å². The van der Waals surface area contributed by atoms with Gasteiger partial charge in [0, 0.05) is 45.9 Å². The van der Waals surface area contributed by atoms with Gasteiger partial charge >= 0.3 is 0 Å². The lowest BCUT2D eigenvalue weighted by atomic mass is 10.1. The van der Waals surface area contributed by atoms with Crippen molar-refractivity contribution >= 4 is 27.3 Å². The summed E-state index contributed by atoms with van der Waals surface area (Å²) in [5, 5.41) is 3.56. The number of hydrogen-bond donors (Lipinski definition) is 1. The van der Waals surface area contributed by atoms with Gasteiger partial charge in [-0.2, -0.15) is 0 Å². The largest absolute Gasteiger partial charge is 0.309 e. The van der Waals surface area contributed by atoms with Crippen LogP contribution in [0.15, 0.2) is 10.5 Å². The van der Waals surface area contributed by atoms with E-state index in [1.54, 1.807) is 0 Å². The predicted octanol–water partition coefficient (Wildman–Crippen LogP) is 3.00. The molecule has 0 aliphatic carbocycles. The molecule has 90 valence electrons. The van der Waals surface area contributed by atoms with Gasteiger partial charge in [-0.15, -0.1) is 11.3 Å². The normalized spacial score (nSPS) is 27.2. The summed E-state index contributed by atoms with van der Waals surface area (Å²) in [6.45, 7) is 10.1. The summed E-state index contributed by atoms with van der Waals surface area (Å²) >= 11 is 5.49. The average Bonchev–Trinajstić information content (AvgIpc) is 2.43. The molecule has 1 aromatic heterocycles. The van der Waals surface area contributed by atoms with Crippen LogP contribution in [0.5, 0.6) is 0 Å². The van der Waals surface area contributed by atoms with Crippen molar-refractivity contribution in [2.24, 2.45) is 0 Å². The van der Waals surface area contributed by atoms with Crippen LogP contribution < -0.4 is 5.32 Å². The zero-order chi connectivity index (χ0) is 11.7. The van der Waals surface area contributed by atoms with Gasteiger partial charge in [-0.1, -0.05) is 0 Å². The molecule has 2 rings (SSSR count). The smallest absolute Gasteiger partial charge is 0.0329 e. The number of thiophene rings is 1. The second-order valence-corrected chi connectivity index (χ2v) is 6.97. The summed E-state index contributed by atoms with van der Waals surface area (Å²) in [6.07, 6.45) is 0. The lowest BCUT2D eigenvalue weighted by Gasteiger charge is -2.35. The quantitative estimate of drug-likeness (QED) is 0.903. The molecule has 2 nitrogen and oxygen atoms in total. The highest BCUT2D eigenvalue weighted by atomic mass is 79.9. The summed E-state index contributed by atoms with van der Waals surface area (Å²) in [7, 11) is 0. The van der Waals surface area contributed by atoms with Gasteiger partial charge in [0.05, 0.1) is 0 Å². The number of hydrogen-bond acceptors (Lipinski definition) is 3. The molecule has 0 saturated carbocycles. The Kier molecular flexibility index (Phi) is 4.06. The Morgan fingerprint density at radius 1 is 1.44 bits per heavy atom. The Labute approximate surface area is 110 Å². The van der Waals surface area contributed by atoms with Crippen molar-refractivity contribution < 1.29 is 0 Å². The topological polar surface area (TPSA) is 15.3 Å². The molecular weight excluding hydrogens is 284 g/mol. The van der Waals surface area contributed by atoms with Crippen molar-refractivity contribution in [1.82, 2.24) is 10.2 Å². The van der Waals surface area contributed by atoms with E-state index in [9.17, 15) is 0 Å². The molecule has 2 atom stereocenters. The third-order valence-electron chi connectivity index (χ3n) is 2.92. The van der Waals surface area contributed by atoms with Gasteiger partial charge in [0.15, 0.2) is 0 Å². The van der Waals surface area contributed by atoms with Gasteiger partial charge < -0.3 is 5.32 Å². The molecule has 0 radical (unpaired) electrons. The van der Waals surface area contributed by atoms with Gasteiger partial charge in [0.2, 0.25) is 0 Å². The highest BCUT2D eigenvalue weighted by Gasteiger charge is 2.21. The molecule has 1 fully saturated rings.